The minimum Gasteiger partial charge on any atom is -0.310 e. The van der Waals surface area contributed by atoms with Gasteiger partial charge in [0.15, 0.2) is 0 Å². The third kappa shape index (κ3) is 4.56. The number of likely N-dealkylation sites (N-methyl/N-ethyl adjacent to an activating group) is 1. The molecule has 2 aromatic carbocycles. The van der Waals surface area contributed by atoms with Crippen LogP contribution in [0.1, 0.15) is 17.5 Å². The maximum atomic E-state index is 14.5. The second-order valence-electron chi connectivity index (χ2n) is 7.85. The minimum atomic E-state index is -0.363. The zero-order valence-corrected chi connectivity index (χ0v) is 17.9. The summed E-state index contributed by atoms with van der Waals surface area (Å²) in [6.07, 6.45) is 0.868. The number of amides is 1. The Morgan fingerprint density at radius 2 is 1.80 bits per heavy atom. The van der Waals surface area contributed by atoms with Crippen molar-refractivity contribution < 1.29 is 9.18 Å². The van der Waals surface area contributed by atoms with Gasteiger partial charge in [-0.1, -0.05) is 23.7 Å². The van der Waals surface area contributed by atoms with Crippen LogP contribution in [0.15, 0.2) is 47.5 Å². The summed E-state index contributed by atoms with van der Waals surface area (Å²) in [6.45, 7) is 5.79. The van der Waals surface area contributed by atoms with Crippen LogP contribution in [0.25, 0.3) is 0 Å². The van der Waals surface area contributed by atoms with E-state index in [-0.39, 0.29) is 18.3 Å². The fourth-order valence-corrected chi connectivity index (χ4v) is 4.21. The molecule has 0 spiro atoms. The first kappa shape index (κ1) is 21.0. The molecule has 0 saturated carbocycles. The molecule has 30 heavy (non-hydrogen) atoms. The lowest BCUT2D eigenvalue weighted by molar-refractivity contribution is -0.117. The van der Waals surface area contributed by atoms with Gasteiger partial charge in [-0.15, -0.1) is 0 Å². The summed E-state index contributed by atoms with van der Waals surface area (Å²) in [5.74, 6) is -0.443. The Labute approximate surface area is 181 Å². The molecule has 0 N–H and O–H groups in total. The maximum absolute atomic E-state index is 14.5. The van der Waals surface area contributed by atoms with Gasteiger partial charge in [-0.3, -0.25) is 9.79 Å². The van der Waals surface area contributed by atoms with Crippen LogP contribution in [0, 0.1) is 5.82 Å². The predicted octanol–water partition coefficient (Wildman–Crippen LogP) is 3.30. The van der Waals surface area contributed by atoms with E-state index in [2.05, 4.69) is 21.8 Å². The fourth-order valence-electron chi connectivity index (χ4n) is 4.04. The molecule has 1 fully saturated rings. The highest BCUT2D eigenvalue weighted by molar-refractivity contribution is 6.32. The van der Waals surface area contributed by atoms with Gasteiger partial charge in [-0.25, -0.2) is 4.39 Å². The van der Waals surface area contributed by atoms with Gasteiger partial charge in [0.2, 0.25) is 5.91 Å². The molecule has 0 radical (unpaired) electrons. The Bertz CT molecular complexity index is 956. The zero-order valence-electron chi connectivity index (χ0n) is 17.2. The van der Waals surface area contributed by atoms with Crippen molar-refractivity contribution in [2.24, 2.45) is 4.99 Å². The first-order chi connectivity index (χ1) is 14.5. The van der Waals surface area contributed by atoms with E-state index in [9.17, 15) is 9.18 Å². The van der Waals surface area contributed by atoms with Crippen LogP contribution < -0.4 is 4.90 Å². The number of rotatable bonds is 5. The van der Waals surface area contributed by atoms with E-state index >= 15 is 0 Å². The van der Waals surface area contributed by atoms with Crippen LogP contribution in [0.4, 0.5) is 10.1 Å². The molecule has 7 heteroatoms. The number of hydrogen-bond acceptors (Lipinski definition) is 4. The summed E-state index contributed by atoms with van der Waals surface area (Å²) in [5, 5.41) is 0.532. The summed E-state index contributed by atoms with van der Waals surface area (Å²) in [7, 11) is 2.14. The average Bonchev–Trinajstić information content (AvgIpc) is 2.87. The van der Waals surface area contributed by atoms with E-state index in [1.807, 2.05) is 6.07 Å². The van der Waals surface area contributed by atoms with E-state index < -0.39 is 0 Å². The average molecular weight is 429 g/mol. The molecule has 4 rings (SSSR count). The molecule has 2 aliphatic heterocycles. The molecule has 0 aliphatic carbocycles. The SMILES string of the molecule is CN1CCN(CCCN2C(=O)CN=C(c3ccccc3F)c3cc(Cl)ccc32)CC1. The quantitative estimate of drug-likeness (QED) is 0.733. The first-order valence-electron chi connectivity index (χ1n) is 10.3. The third-order valence-corrected chi connectivity index (χ3v) is 5.99. The molecule has 2 aliphatic rings. The number of piperazine rings is 1. The van der Waals surface area contributed by atoms with Crippen LogP contribution in [-0.2, 0) is 4.79 Å². The van der Waals surface area contributed by atoms with Crippen molar-refractivity contribution in [1.29, 1.82) is 0 Å². The van der Waals surface area contributed by atoms with E-state index in [1.54, 1.807) is 35.2 Å². The van der Waals surface area contributed by atoms with Crippen molar-refractivity contribution in [2.45, 2.75) is 6.42 Å². The number of anilines is 1. The Kier molecular flexibility index (Phi) is 6.46. The van der Waals surface area contributed by atoms with Crippen LogP contribution in [0.3, 0.4) is 0 Å². The fraction of sp³-hybridized carbons (Fsp3) is 0.391. The molecule has 1 amide bonds. The van der Waals surface area contributed by atoms with Crippen LogP contribution in [0.5, 0.6) is 0 Å². The van der Waals surface area contributed by atoms with E-state index in [4.69, 9.17) is 11.6 Å². The maximum Gasteiger partial charge on any atom is 0.248 e. The van der Waals surface area contributed by atoms with E-state index in [0.717, 1.165) is 44.8 Å². The first-order valence-corrected chi connectivity index (χ1v) is 10.7. The number of fused-ring (bicyclic) bond motifs is 1. The van der Waals surface area contributed by atoms with Crippen molar-refractivity contribution in [3.05, 3.63) is 64.4 Å². The summed E-state index contributed by atoms with van der Waals surface area (Å²) in [4.78, 5) is 23.9. The number of benzene rings is 2. The molecule has 158 valence electrons. The molecule has 2 aromatic rings. The molecule has 5 nitrogen and oxygen atoms in total. The van der Waals surface area contributed by atoms with Gasteiger partial charge in [0, 0.05) is 48.9 Å². The second-order valence-corrected chi connectivity index (χ2v) is 8.29. The second kappa shape index (κ2) is 9.25. The topological polar surface area (TPSA) is 39.1 Å². The molecule has 0 bridgehead atoms. The number of carbonyl (C=O) groups is 1. The van der Waals surface area contributed by atoms with Crippen LogP contribution in [0.2, 0.25) is 5.02 Å². The lowest BCUT2D eigenvalue weighted by atomic mass is 9.99. The Hall–Kier alpha value is -2.28. The number of aliphatic imine (C=N–C) groups is 1. The minimum absolute atomic E-state index is 0.00945. The monoisotopic (exact) mass is 428 g/mol. The summed E-state index contributed by atoms with van der Waals surface area (Å²) in [6, 6.07) is 11.9. The van der Waals surface area contributed by atoms with Gasteiger partial charge in [0.25, 0.3) is 0 Å². The lowest BCUT2D eigenvalue weighted by Crippen LogP contribution is -2.45. The Morgan fingerprint density at radius 1 is 1.03 bits per heavy atom. The number of hydrogen-bond donors (Lipinski definition) is 0. The summed E-state index contributed by atoms with van der Waals surface area (Å²) in [5.41, 5.74) is 2.29. The normalized spacial score (nSPS) is 18.2. The summed E-state index contributed by atoms with van der Waals surface area (Å²) < 4.78 is 14.5. The van der Waals surface area contributed by atoms with Gasteiger partial charge in [-0.05, 0) is 50.3 Å². The highest BCUT2D eigenvalue weighted by Crippen LogP contribution is 2.30. The van der Waals surface area contributed by atoms with E-state index in [1.165, 1.54) is 6.07 Å². The lowest BCUT2D eigenvalue weighted by Gasteiger charge is -2.33. The number of carbonyl (C=O) groups excluding carboxylic acids is 1. The molecule has 2 heterocycles. The standard InChI is InChI=1S/C23H26ClFN4O/c1-27-11-13-28(14-12-27)9-4-10-29-21-8-7-17(24)15-19(21)23(26-16-22(29)30)18-5-2-3-6-20(18)25/h2-3,5-8,15H,4,9-14,16H2,1H3. The van der Waals surface area contributed by atoms with Crippen molar-refractivity contribution in [3.8, 4) is 0 Å². The molecule has 0 aromatic heterocycles. The predicted molar refractivity (Wildman–Crippen MR) is 119 cm³/mol. The van der Waals surface area contributed by atoms with Gasteiger partial charge in [0.05, 0.1) is 11.4 Å². The molecule has 0 unspecified atom stereocenters. The smallest absolute Gasteiger partial charge is 0.248 e. The van der Waals surface area contributed by atoms with Crippen molar-refractivity contribution in [3.63, 3.8) is 0 Å². The van der Waals surface area contributed by atoms with Gasteiger partial charge in [0.1, 0.15) is 12.4 Å². The Balaban J connectivity index is 1.57. The largest absolute Gasteiger partial charge is 0.310 e. The third-order valence-electron chi connectivity index (χ3n) is 5.76. The van der Waals surface area contributed by atoms with Gasteiger partial charge in [-0.2, -0.15) is 0 Å². The highest BCUT2D eigenvalue weighted by atomic mass is 35.5. The number of nitrogens with zero attached hydrogens (tertiary/aromatic N) is 4. The van der Waals surface area contributed by atoms with E-state index in [0.29, 0.717) is 28.4 Å². The molecular weight excluding hydrogens is 403 g/mol. The zero-order chi connectivity index (χ0) is 21.1. The molecular formula is C23H26ClFN4O. The molecule has 1 saturated heterocycles. The summed E-state index contributed by atoms with van der Waals surface area (Å²) >= 11 is 6.26. The number of benzodiazepines with no additional fused rings is 1. The van der Waals surface area contributed by atoms with Gasteiger partial charge < -0.3 is 14.7 Å². The highest BCUT2D eigenvalue weighted by Gasteiger charge is 2.26. The van der Waals surface area contributed by atoms with Crippen LogP contribution >= 0.6 is 11.6 Å². The van der Waals surface area contributed by atoms with Crippen molar-refractivity contribution >= 4 is 28.9 Å². The van der Waals surface area contributed by atoms with Crippen LogP contribution in [-0.4, -0.2) is 74.3 Å². The van der Waals surface area contributed by atoms with Crippen molar-refractivity contribution in [2.75, 3.05) is 57.8 Å². The Morgan fingerprint density at radius 3 is 2.57 bits per heavy atom. The van der Waals surface area contributed by atoms with Crippen molar-refractivity contribution in [1.82, 2.24) is 9.80 Å². The van der Waals surface area contributed by atoms with Gasteiger partial charge >= 0.3 is 0 Å². The molecule has 0 atom stereocenters. The number of halogens is 2.